The highest BCUT2D eigenvalue weighted by molar-refractivity contribution is 7.89. The third-order valence-electron chi connectivity index (χ3n) is 3.89. The van der Waals surface area contributed by atoms with Crippen molar-refractivity contribution in [2.75, 3.05) is 18.4 Å². The second kappa shape index (κ2) is 6.15. The average molecular weight is 310 g/mol. The molecule has 1 aromatic rings. The lowest BCUT2D eigenvalue weighted by atomic mass is 10.3. The second-order valence-corrected chi connectivity index (χ2v) is 7.36. The van der Waals surface area contributed by atoms with E-state index >= 15 is 0 Å². The maximum Gasteiger partial charge on any atom is 0.243 e. The van der Waals surface area contributed by atoms with Crippen molar-refractivity contribution < 1.29 is 13.2 Å². The first kappa shape index (κ1) is 16.0. The summed E-state index contributed by atoms with van der Waals surface area (Å²) in [5.74, 6) is 0.459. The number of amides is 1. The molecule has 1 aliphatic rings. The van der Waals surface area contributed by atoms with E-state index in [1.807, 2.05) is 6.92 Å². The SMILES string of the molecule is CCN(CC)S(=O)(=O)c1cccc(NC(=O)[C@H]2C[C@H]2C)c1. The Labute approximate surface area is 126 Å². The summed E-state index contributed by atoms with van der Waals surface area (Å²) in [5.41, 5.74) is 0.535. The first-order valence-corrected chi connectivity index (χ1v) is 8.75. The Kier molecular flexibility index (Phi) is 4.68. The minimum atomic E-state index is -3.49. The van der Waals surface area contributed by atoms with E-state index in [1.54, 1.807) is 32.0 Å². The molecule has 5 nitrogen and oxygen atoms in total. The Morgan fingerprint density at radius 1 is 1.33 bits per heavy atom. The minimum absolute atomic E-state index is 0.0279. The van der Waals surface area contributed by atoms with Gasteiger partial charge in [-0.3, -0.25) is 4.79 Å². The first-order chi connectivity index (χ1) is 9.90. The lowest BCUT2D eigenvalue weighted by molar-refractivity contribution is -0.117. The summed E-state index contributed by atoms with van der Waals surface area (Å²) in [7, 11) is -3.49. The van der Waals surface area contributed by atoms with Crippen molar-refractivity contribution in [2.45, 2.75) is 32.1 Å². The van der Waals surface area contributed by atoms with Gasteiger partial charge in [0.05, 0.1) is 4.90 Å². The molecule has 0 bridgehead atoms. The zero-order chi connectivity index (χ0) is 15.6. The van der Waals surface area contributed by atoms with E-state index in [1.165, 1.54) is 10.4 Å². The van der Waals surface area contributed by atoms with Crippen molar-refractivity contribution in [2.24, 2.45) is 11.8 Å². The highest BCUT2D eigenvalue weighted by atomic mass is 32.2. The Bertz CT molecular complexity index is 624. The van der Waals surface area contributed by atoms with E-state index < -0.39 is 10.0 Å². The zero-order valence-electron chi connectivity index (χ0n) is 12.7. The molecule has 1 aromatic carbocycles. The molecule has 0 saturated heterocycles. The van der Waals surface area contributed by atoms with E-state index in [0.29, 0.717) is 24.7 Å². The number of rotatable bonds is 6. The van der Waals surface area contributed by atoms with Crippen LogP contribution in [0.4, 0.5) is 5.69 Å². The number of sulfonamides is 1. The fourth-order valence-corrected chi connectivity index (χ4v) is 3.87. The standard InChI is InChI=1S/C15H22N2O3S/c1-4-17(5-2)21(19,20)13-8-6-7-12(10-13)16-15(18)14-9-11(14)3/h6-8,10-11,14H,4-5,9H2,1-3H3,(H,16,18)/t11-,14+/m1/s1. The Morgan fingerprint density at radius 2 is 1.95 bits per heavy atom. The van der Waals surface area contributed by atoms with Crippen LogP contribution in [0, 0.1) is 11.8 Å². The summed E-state index contributed by atoms with van der Waals surface area (Å²) in [6.07, 6.45) is 0.906. The van der Waals surface area contributed by atoms with E-state index in [-0.39, 0.29) is 16.7 Å². The van der Waals surface area contributed by atoms with Gasteiger partial charge in [0, 0.05) is 24.7 Å². The molecule has 1 aliphatic carbocycles. The summed E-state index contributed by atoms with van der Waals surface area (Å²) in [4.78, 5) is 12.1. The summed E-state index contributed by atoms with van der Waals surface area (Å²) < 4.78 is 26.3. The van der Waals surface area contributed by atoms with Gasteiger partial charge in [-0.25, -0.2) is 8.42 Å². The third kappa shape index (κ3) is 3.44. The molecule has 0 aliphatic heterocycles. The molecule has 21 heavy (non-hydrogen) atoms. The lowest BCUT2D eigenvalue weighted by Crippen LogP contribution is -2.30. The smallest absolute Gasteiger partial charge is 0.243 e. The third-order valence-corrected chi connectivity index (χ3v) is 5.94. The summed E-state index contributed by atoms with van der Waals surface area (Å²) in [5, 5.41) is 2.80. The van der Waals surface area contributed by atoms with Crippen LogP contribution in [0.3, 0.4) is 0 Å². The van der Waals surface area contributed by atoms with Crippen LogP contribution in [-0.2, 0) is 14.8 Å². The predicted octanol–water partition coefficient (Wildman–Crippen LogP) is 2.31. The second-order valence-electron chi connectivity index (χ2n) is 5.43. The largest absolute Gasteiger partial charge is 0.326 e. The summed E-state index contributed by atoms with van der Waals surface area (Å²) >= 11 is 0. The summed E-state index contributed by atoms with van der Waals surface area (Å²) in [6, 6.07) is 6.45. The molecule has 2 atom stereocenters. The number of benzene rings is 1. The molecule has 1 fully saturated rings. The van der Waals surface area contributed by atoms with Gasteiger partial charge in [-0.2, -0.15) is 4.31 Å². The van der Waals surface area contributed by atoms with Crippen molar-refractivity contribution in [3.63, 3.8) is 0 Å². The molecule has 0 aromatic heterocycles. The van der Waals surface area contributed by atoms with Crippen molar-refractivity contribution in [1.82, 2.24) is 4.31 Å². The van der Waals surface area contributed by atoms with Gasteiger partial charge in [-0.15, -0.1) is 0 Å². The Hall–Kier alpha value is -1.40. The van der Waals surface area contributed by atoms with Gasteiger partial charge in [0.2, 0.25) is 15.9 Å². The van der Waals surface area contributed by atoms with Crippen molar-refractivity contribution in [3.8, 4) is 0 Å². The first-order valence-electron chi connectivity index (χ1n) is 7.31. The predicted molar refractivity (Wildman–Crippen MR) is 82.4 cm³/mol. The number of carbonyl (C=O) groups is 1. The van der Waals surface area contributed by atoms with Gasteiger partial charge in [0.1, 0.15) is 0 Å². The number of nitrogens with zero attached hydrogens (tertiary/aromatic N) is 1. The quantitative estimate of drug-likeness (QED) is 0.877. The molecule has 6 heteroatoms. The average Bonchev–Trinajstić information content (AvgIpc) is 3.17. The van der Waals surface area contributed by atoms with Crippen LogP contribution in [-0.4, -0.2) is 31.7 Å². The van der Waals surface area contributed by atoms with Gasteiger partial charge in [0.15, 0.2) is 0 Å². The maximum absolute atomic E-state index is 12.4. The van der Waals surface area contributed by atoms with Gasteiger partial charge >= 0.3 is 0 Å². The fraction of sp³-hybridized carbons (Fsp3) is 0.533. The van der Waals surface area contributed by atoms with Crippen molar-refractivity contribution in [3.05, 3.63) is 24.3 Å². The van der Waals surface area contributed by atoms with Crippen LogP contribution in [0.1, 0.15) is 27.2 Å². The molecular formula is C15H22N2O3S. The van der Waals surface area contributed by atoms with Crippen molar-refractivity contribution >= 4 is 21.6 Å². The number of carbonyl (C=O) groups excluding carboxylic acids is 1. The molecule has 1 saturated carbocycles. The van der Waals surface area contributed by atoms with Crippen LogP contribution in [0.15, 0.2) is 29.2 Å². The normalized spacial score (nSPS) is 21.3. The molecule has 0 radical (unpaired) electrons. The number of nitrogens with one attached hydrogen (secondary N) is 1. The fourth-order valence-electron chi connectivity index (χ4n) is 2.37. The molecule has 116 valence electrons. The van der Waals surface area contributed by atoms with Gasteiger partial charge in [-0.05, 0) is 30.5 Å². The molecule has 0 unspecified atom stereocenters. The van der Waals surface area contributed by atoms with Crippen LogP contribution in [0.5, 0.6) is 0 Å². The number of hydrogen-bond donors (Lipinski definition) is 1. The Balaban J connectivity index is 2.19. The molecule has 0 heterocycles. The lowest BCUT2D eigenvalue weighted by Gasteiger charge is -2.18. The van der Waals surface area contributed by atoms with E-state index in [2.05, 4.69) is 5.32 Å². The molecular weight excluding hydrogens is 288 g/mol. The summed E-state index contributed by atoms with van der Waals surface area (Å²) in [6.45, 7) is 6.50. The van der Waals surface area contributed by atoms with E-state index in [9.17, 15) is 13.2 Å². The van der Waals surface area contributed by atoms with E-state index in [0.717, 1.165) is 6.42 Å². The van der Waals surface area contributed by atoms with Crippen LogP contribution in [0.25, 0.3) is 0 Å². The van der Waals surface area contributed by atoms with Crippen LogP contribution < -0.4 is 5.32 Å². The minimum Gasteiger partial charge on any atom is -0.326 e. The topological polar surface area (TPSA) is 66.5 Å². The number of anilines is 1. The van der Waals surface area contributed by atoms with Gasteiger partial charge in [0.25, 0.3) is 0 Å². The van der Waals surface area contributed by atoms with Crippen molar-refractivity contribution in [1.29, 1.82) is 0 Å². The highest BCUT2D eigenvalue weighted by Gasteiger charge is 2.39. The monoisotopic (exact) mass is 310 g/mol. The van der Waals surface area contributed by atoms with Gasteiger partial charge in [-0.1, -0.05) is 26.8 Å². The molecule has 2 rings (SSSR count). The van der Waals surface area contributed by atoms with Crippen LogP contribution >= 0.6 is 0 Å². The molecule has 1 N–H and O–H groups in total. The highest BCUT2D eigenvalue weighted by Crippen LogP contribution is 2.38. The molecule has 0 spiro atoms. The van der Waals surface area contributed by atoms with E-state index in [4.69, 9.17) is 0 Å². The van der Waals surface area contributed by atoms with Gasteiger partial charge < -0.3 is 5.32 Å². The maximum atomic E-state index is 12.4. The zero-order valence-corrected chi connectivity index (χ0v) is 13.5. The Morgan fingerprint density at radius 3 is 2.48 bits per heavy atom. The molecule has 1 amide bonds. The number of hydrogen-bond acceptors (Lipinski definition) is 3. The van der Waals surface area contributed by atoms with Crippen LogP contribution in [0.2, 0.25) is 0 Å².